The van der Waals surface area contributed by atoms with Gasteiger partial charge in [0.25, 0.3) is 0 Å². The molecule has 10 rings (SSSR count). The summed E-state index contributed by atoms with van der Waals surface area (Å²) in [5, 5.41) is 10.0. The van der Waals surface area contributed by atoms with Gasteiger partial charge in [-0.3, -0.25) is 9.80 Å². The first kappa shape index (κ1) is 42.7. The molecule has 2 aliphatic heterocycles. The lowest BCUT2D eigenvalue weighted by Gasteiger charge is -2.35. The zero-order chi connectivity index (χ0) is 42.8. The number of benzene rings is 6. The second kappa shape index (κ2) is 20.7. The summed E-state index contributed by atoms with van der Waals surface area (Å²) in [7, 11) is 1.75. The minimum atomic E-state index is 0.283. The first-order chi connectivity index (χ1) is 31.1. The quantitative estimate of drug-likeness (QED) is 0.125. The maximum absolute atomic E-state index is 10.0. The SMILES string of the molecule is COc1ccc2c(c1)CCC(c1ccccc1)C2c1ccc(OCCN2CCCC2)cc1.Oc1ccc2c(c1)CCC(c1ccccc1)C2c1ccc(OCCN2CCCC2)cc1. The van der Waals surface area contributed by atoms with Gasteiger partial charge in [-0.1, -0.05) is 97.1 Å². The fourth-order valence-electron chi connectivity index (χ4n) is 10.8. The zero-order valence-electron chi connectivity index (χ0n) is 37.0. The van der Waals surface area contributed by atoms with Gasteiger partial charge in [-0.2, -0.15) is 0 Å². The van der Waals surface area contributed by atoms with E-state index in [4.69, 9.17) is 14.2 Å². The van der Waals surface area contributed by atoms with E-state index in [2.05, 4.69) is 143 Å². The predicted octanol–water partition coefficient (Wildman–Crippen LogP) is 11.8. The molecule has 0 spiro atoms. The monoisotopic (exact) mass is 840 g/mol. The van der Waals surface area contributed by atoms with E-state index in [1.165, 1.54) is 96.4 Å². The molecule has 2 fully saturated rings. The van der Waals surface area contributed by atoms with Crippen molar-refractivity contribution in [2.45, 2.75) is 75.0 Å². The van der Waals surface area contributed by atoms with Crippen LogP contribution in [0.3, 0.4) is 0 Å². The normalized spacial score (nSPS) is 20.8. The highest BCUT2D eigenvalue weighted by atomic mass is 16.5. The van der Waals surface area contributed by atoms with Gasteiger partial charge >= 0.3 is 0 Å². The predicted molar refractivity (Wildman–Crippen MR) is 255 cm³/mol. The van der Waals surface area contributed by atoms with Crippen LogP contribution in [0.25, 0.3) is 0 Å². The van der Waals surface area contributed by atoms with Gasteiger partial charge in [-0.25, -0.2) is 0 Å². The third-order valence-electron chi connectivity index (χ3n) is 14.1. The second-order valence-corrected chi connectivity index (χ2v) is 17.9. The minimum Gasteiger partial charge on any atom is -0.508 e. The molecule has 4 aliphatic rings. The van der Waals surface area contributed by atoms with Crippen LogP contribution in [0.5, 0.6) is 23.0 Å². The van der Waals surface area contributed by atoms with Crippen molar-refractivity contribution in [2.24, 2.45) is 0 Å². The van der Waals surface area contributed by atoms with Gasteiger partial charge in [0.2, 0.25) is 0 Å². The molecular weight excluding hydrogens is 777 g/mol. The summed E-state index contributed by atoms with van der Waals surface area (Å²) < 4.78 is 17.6. The Labute approximate surface area is 375 Å². The van der Waals surface area contributed by atoms with Crippen LogP contribution in [0.1, 0.15) is 107 Å². The van der Waals surface area contributed by atoms with Crippen LogP contribution in [0, 0.1) is 0 Å². The lowest BCUT2D eigenvalue weighted by Crippen LogP contribution is -2.25. The van der Waals surface area contributed by atoms with E-state index in [1.807, 2.05) is 12.1 Å². The van der Waals surface area contributed by atoms with Crippen LogP contribution in [-0.4, -0.2) is 74.5 Å². The van der Waals surface area contributed by atoms with Gasteiger partial charge in [-0.15, -0.1) is 0 Å². The fraction of sp³-hybridized carbons (Fsp3) is 0.368. The number of nitrogens with zero attached hydrogens (tertiary/aromatic N) is 2. The number of fused-ring (bicyclic) bond motifs is 2. The first-order valence-corrected chi connectivity index (χ1v) is 23.6. The van der Waals surface area contributed by atoms with Crippen LogP contribution in [0.15, 0.2) is 146 Å². The standard InChI is InChI=1S/C29H33NO2.C28H31NO2/c1-31-26-14-16-28-24(21-26)11-15-27(22-7-3-2-4-8-22)29(28)23-9-12-25(13-10-23)32-20-19-30-17-5-6-18-30;30-24-11-15-27-23(20-24)10-14-26(21-6-2-1-3-7-21)28(27)22-8-12-25(13-9-22)31-19-18-29-16-4-5-17-29/h2-4,7-10,12-14,16,21,27,29H,5-6,11,15,17-20H2,1H3;1-3,6-9,11-13,15,20,26,28,30H,4-5,10,14,16-19H2. The lowest BCUT2D eigenvalue weighted by molar-refractivity contribution is 0.237. The smallest absolute Gasteiger partial charge is 0.119 e. The molecule has 4 atom stereocenters. The lowest BCUT2D eigenvalue weighted by atomic mass is 9.69. The molecule has 2 heterocycles. The number of aryl methyl sites for hydroxylation is 2. The average molecular weight is 841 g/mol. The Morgan fingerprint density at radius 2 is 0.905 bits per heavy atom. The number of methoxy groups -OCH3 is 1. The molecule has 326 valence electrons. The summed E-state index contributed by atoms with van der Waals surface area (Å²) in [6, 6.07) is 51.9. The number of hydrogen-bond acceptors (Lipinski definition) is 6. The largest absolute Gasteiger partial charge is 0.508 e. The summed E-state index contributed by atoms with van der Waals surface area (Å²) in [6.07, 6.45) is 9.59. The number of phenols is 1. The molecule has 0 amide bonds. The molecule has 0 bridgehead atoms. The van der Waals surface area contributed by atoms with Gasteiger partial charge < -0.3 is 19.3 Å². The average Bonchev–Trinajstić information content (AvgIpc) is 4.07. The Hall–Kier alpha value is -5.56. The fourth-order valence-corrected chi connectivity index (χ4v) is 10.8. The number of hydrogen-bond donors (Lipinski definition) is 1. The Morgan fingerprint density at radius 1 is 0.476 bits per heavy atom. The highest BCUT2D eigenvalue weighted by Gasteiger charge is 2.33. The molecular formula is C57H64N2O4. The van der Waals surface area contributed by atoms with E-state index < -0.39 is 0 Å². The zero-order valence-corrected chi connectivity index (χ0v) is 37.0. The van der Waals surface area contributed by atoms with Crippen LogP contribution in [0.4, 0.5) is 0 Å². The molecule has 6 aromatic rings. The van der Waals surface area contributed by atoms with Crippen LogP contribution < -0.4 is 14.2 Å². The molecule has 63 heavy (non-hydrogen) atoms. The molecule has 0 radical (unpaired) electrons. The topological polar surface area (TPSA) is 54.4 Å². The third-order valence-corrected chi connectivity index (χ3v) is 14.1. The molecule has 2 saturated heterocycles. The molecule has 6 nitrogen and oxygen atoms in total. The van der Waals surface area contributed by atoms with Gasteiger partial charge in [-0.05, 0) is 182 Å². The molecule has 6 heteroatoms. The van der Waals surface area contributed by atoms with Crippen molar-refractivity contribution >= 4 is 0 Å². The van der Waals surface area contributed by atoms with Crippen LogP contribution in [-0.2, 0) is 12.8 Å². The summed E-state index contributed by atoms with van der Waals surface area (Å²) in [6.45, 7) is 8.40. The van der Waals surface area contributed by atoms with Gasteiger partial charge in [0.15, 0.2) is 0 Å². The van der Waals surface area contributed by atoms with Crippen molar-refractivity contribution < 1.29 is 19.3 Å². The number of aromatic hydroxyl groups is 1. The molecule has 0 saturated carbocycles. The highest BCUT2D eigenvalue weighted by molar-refractivity contribution is 5.50. The molecule has 4 unspecified atom stereocenters. The minimum absolute atomic E-state index is 0.283. The third kappa shape index (κ3) is 10.5. The second-order valence-electron chi connectivity index (χ2n) is 17.9. The maximum Gasteiger partial charge on any atom is 0.119 e. The number of phenolic OH excluding ortho intramolecular Hbond substituents is 1. The summed E-state index contributed by atoms with van der Waals surface area (Å²) in [4.78, 5) is 4.97. The van der Waals surface area contributed by atoms with Gasteiger partial charge in [0, 0.05) is 24.9 Å². The van der Waals surface area contributed by atoms with E-state index in [0.29, 0.717) is 23.5 Å². The van der Waals surface area contributed by atoms with Crippen molar-refractivity contribution in [3.8, 4) is 23.0 Å². The summed E-state index contributed by atoms with van der Waals surface area (Å²) in [5.74, 6) is 4.74. The van der Waals surface area contributed by atoms with Crippen molar-refractivity contribution in [2.75, 3.05) is 59.6 Å². The van der Waals surface area contributed by atoms with Crippen LogP contribution >= 0.6 is 0 Å². The van der Waals surface area contributed by atoms with E-state index in [0.717, 1.165) is 69.2 Å². The Morgan fingerprint density at radius 3 is 1.37 bits per heavy atom. The van der Waals surface area contributed by atoms with E-state index in [1.54, 1.807) is 7.11 Å². The highest BCUT2D eigenvalue weighted by Crippen LogP contribution is 2.48. The number of ether oxygens (including phenoxy) is 3. The van der Waals surface area contributed by atoms with Gasteiger partial charge in [0.1, 0.15) is 36.2 Å². The first-order valence-electron chi connectivity index (χ1n) is 23.6. The Balaban J connectivity index is 0.000000160. The van der Waals surface area contributed by atoms with E-state index in [-0.39, 0.29) is 5.92 Å². The van der Waals surface area contributed by atoms with E-state index in [9.17, 15) is 5.11 Å². The van der Waals surface area contributed by atoms with Crippen molar-refractivity contribution in [3.63, 3.8) is 0 Å². The van der Waals surface area contributed by atoms with Crippen molar-refractivity contribution in [1.29, 1.82) is 0 Å². The van der Waals surface area contributed by atoms with E-state index >= 15 is 0 Å². The number of rotatable bonds is 13. The van der Waals surface area contributed by atoms with Crippen LogP contribution in [0.2, 0.25) is 0 Å². The molecule has 0 aromatic heterocycles. The van der Waals surface area contributed by atoms with Crippen molar-refractivity contribution in [1.82, 2.24) is 9.80 Å². The Kier molecular flexibility index (Phi) is 14.1. The van der Waals surface area contributed by atoms with Crippen molar-refractivity contribution in [3.05, 3.63) is 190 Å². The molecule has 1 N–H and O–H groups in total. The number of likely N-dealkylation sites (tertiary alicyclic amines) is 2. The maximum atomic E-state index is 10.0. The van der Waals surface area contributed by atoms with Gasteiger partial charge in [0.05, 0.1) is 7.11 Å². The summed E-state index contributed by atoms with van der Waals surface area (Å²) >= 11 is 0. The Bertz CT molecular complexity index is 2340. The summed E-state index contributed by atoms with van der Waals surface area (Å²) in [5.41, 5.74) is 10.9. The molecule has 6 aromatic carbocycles. The molecule has 2 aliphatic carbocycles.